The van der Waals surface area contributed by atoms with Gasteiger partial charge in [-0.15, -0.1) is 0 Å². The molecule has 0 spiro atoms. The Hall–Kier alpha value is -2.75. The monoisotopic (exact) mass is 333 g/mol. The SMILES string of the molecule is CC(C)CCn1c[n+](C)c2c1C(=O)c1cc3ccccc3cc1C2=O. The molecule has 0 saturated heterocycles. The van der Waals surface area contributed by atoms with Crippen molar-refractivity contribution in [3.05, 3.63) is 65.2 Å². The molecule has 0 radical (unpaired) electrons. The average molecular weight is 333 g/mol. The van der Waals surface area contributed by atoms with Gasteiger partial charge in [0.05, 0.1) is 13.6 Å². The molecule has 0 aliphatic heterocycles. The number of benzene rings is 2. The first-order chi connectivity index (χ1) is 12.0. The van der Waals surface area contributed by atoms with Crippen molar-refractivity contribution in [1.29, 1.82) is 0 Å². The number of aryl methyl sites for hydroxylation is 2. The highest BCUT2D eigenvalue weighted by molar-refractivity contribution is 6.27. The molecule has 0 saturated carbocycles. The lowest BCUT2D eigenvalue weighted by Gasteiger charge is -2.14. The lowest BCUT2D eigenvalue weighted by atomic mass is 9.87. The fourth-order valence-corrected chi connectivity index (χ4v) is 3.57. The molecule has 4 rings (SSSR count). The van der Waals surface area contributed by atoms with Crippen LogP contribution in [0.25, 0.3) is 10.8 Å². The van der Waals surface area contributed by atoms with Gasteiger partial charge in [0.1, 0.15) is 0 Å². The Balaban J connectivity index is 1.90. The predicted molar refractivity (Wildman–Crippen MR) is 95.9 cm³/mol. The van der Waals surface area contributed by atoms with Crippen molar-refractivity contribution >= 4 is 22.3 Å². The maximum absolute atomic E-state index is 13.2. The second kappa shape index (κ2) is 5.66. The number of aromatic nitrogens is 2. The van der Waals surface area contributed by atoms with Crippen LogP contribution in [0.4, 0.5) is 0 Å². The van der Waals surface area contributed by atoms with Crippen LogP contribution in [0.2, 0.25) is 0 Å². The van der Waals surface area contributed by atoms with E-state index in [9.17, 15) is 9.59 Å². The molecule has 0 unspecified atom stereocenters. The van der Waals surface area contributed by atoms with Gasteiger partial charge in [-0.2, -0.15) is 0 Å². The summed E-state index contributed by atoms with van der Waals surface area (Å²) in [5.41, 5.74) is 2.04. The minimum absolute atomic E-state index is 0.0558. The Morgan fingerprint density at radius 3 is 2.20 bits per heavy atom. The standard InChI is InChI=1S/C21H21N2O2/c1-13(2)8-9-23-12-22(3)18-19(23)21(25)17-11-15-7-5-4-6-14(15)10-16(17)20(18)24/h4-7,10-13H,8-9H2,1-3H3/q+1. The molecule has 0 N–H and O–H groups in total. The van der Waals surface area contributed by atoms with E-state index in [4.69, 9.17) is 0 Å². The number of nitrogens with zero attached hydrogens (tertiary/aromatic N) is 2. The highest BCUT2D eigenvalue weighted by Crippen LogP contribution is 2.29. The summed E-state index contributed by atoms with van der Waals surface area (Å²) in [5, 5.41) is 1.96. The molecule has 126 valence electrons. The first-order valence-corrected chi connectivity index (χ1v) is 8.68. The van der Waals surface area contributed by atoms with Crippen molar-refractivity contribution in [2.75, 3.05) is 0 Å². The molecule has 0 amide bonds. The maximum atomic E-state index is 13.2. The number of imidazole rings is 1. The smallest absolute Gasteiger partial charge is 0.244 e. The second-order valence-electron chi connectivity index (χ2n) is 7.20. The van der Waals surface area contributed by atoms with Crippen LogP contribution in [-0.2, 0) is 13.6 Å². The molecule has 4 nitrogen and oxygen atoms in total. The van der Waals surface area contributed by atoms with Gasteiger partial charge in [-0.3, -0.25) is 9.59 Å². The van der Waals surface area contributed by atoms with E-state index in [2.05, 4.69) is 13.8 Å². The second-order valence-corrected chi connectivity index (χ2v) is 7.20. The third kappa shape index (κ3) is 2.40. The summed E-state index contributed by atoms with van der Waals surface area (Å²) in [6, 6.07) is 11.5. The lowest BCUT2D eigenvalue weighted by Crippen LogP contribution is -2.36. The van der Waals surface area contributed by atoms with Gasteiger partial charge < -0.3 is 0 Å². The normalized spacial score (nSPS) is 13.4. The van der Waals surface area contributed by atoms with Gasteiger partial charge in [0.2, 0.25) is 29.3 Å². The van der Waals surface area contributed by atoms with E-state index in [1.165, 1.54) is 0 Å². The molecule has 3 aromatic rings. The molecular formula is C21H21N2O2+. The van der Waals surface area contributed by atoms with Gasteiger partial charge in [0.15, 0.2) is 0 Å². The highest BCUT2D eigenvalue weighted by atomic mass is 16.1. The van der Waals surface area contributed by atoms with Crippen molar-refractivity contribution in [1.82, 2.24) is 4.57 Å². The molecule has 25 heavy (non-hydrogen) atoms. The summed E-state index contributed by atoms with van der Waals surface area (Å²) in [6.07, 6.45) is 2.83. The fourth-order valence-electron chi connectivity index (χ4n) is 3.57. The van der Waals surface area contributed by atoms with E-state index < -0.39 is 0 Å². The number of rotatable bonds is 3. The van der Waals surface area contributed by atoms with E-state index in [1.54, 1.807) is 4.57 Å². The van der Waals surface area contributed by atoms with Crippen LogP contribution in [0.15, 0.2) is 42.7 Å². The molecule has 1 aliphatic carbocycles. The molecule has 1 aromatic heterocycles. The van der Waals surface area contributed by atoms with E-state index in [-0.39, 0.29) is 11.6 Å². The van der Waals surface area contributed by atoms with E-state index in [0.29, 0.717) is 28.4 Å². The van der Waals surface area contributed by atoms with Crippen LogP contribution in [0.1, 0.15) is 52.4 Å². The van der Waals surface area contributed by atoms with Crippen LogP contribution in [-0.4, -0.2) is 16.1 Å². The Morgan fingerprint density at radius 2 is 1.60 bits per heavy atom. The molecule has 4 heteroatoms. The zero-order valence-electron chi connectivity index (χ0n) is 14.7. The van der Waals surface area contributed by atoms with Gasteiger partial charge >= 0.3 is 0 Å². The van der Waals surface area contributed by atoms with Crippen molar-refractivity contribution in [3.8, 4) is 0 Å². The predicted octanol–water partition coefficient (Wildman–Crippen LogP) is 3.29. The first-order valence-electron chi connectivity index (χ1n) is 8.68. The average Bonchev–Trinajstić information content (AvgIpc) is 2.93. The Labute approximate surface area is 146 Å². The van der Waals surface area contributed by atoms with Gasteiger partial charge in [-0.25, -0.2) is 9.13 Å². The third-order valence-corrected chi connectivity index (χ3v) is 4.93. The Bertz CT molecular complexity index is 1030. The number of fused-ring (bicyclic) bond motifs is 3. The zero-order valence-corrected chi connectivity index (χ0v) is 14.7. The van der Waals surface area contributed by atoms with Gasteiger partial charge in [-0.05, 0) is 35.2 Å². The number of ketones is 2. The van der Waals surface area contributed by atoms with Crippen LogP contribution < -0.4 is 4.57 Å². The largest absolute Gasteiger partial charge is 0.284 e. The van der Waals surface area contributed by atoms with Crippen molar-refractivity contribution in [3.63, 3.8) is 0 Å². The maximum Gasteiger partial charge on any atom is 0.244 e. The van der Waals surface area contributed by atoms with Gasteiger partial charge in [-0.1, -0.05) is 38.1 Å². The van der Waals surface area contributed by atoms with E-state index >= 15 is 0 Å². The highest BCUT2D eigenvalue weighted by Gasteiger charge is 2.40. The van der Waals surface area contributed by atoms with Crippen LogP contribution in [0, 0.1) is 5.92 Å². The van der Waals surface area contributed by atoms with Gasteiger partial charge in [0.25, 0.3) is 0 Å². The first kappa shape index (κ1) is 15.8. The van der Waals surface area contributed by atoms with Crippen LogP contribution >= 0.6 is 0 Å². The molecule has 2 aromatic carbocycles. The molecule has 1 aliphatic rings. The minimum Gasteiger partial charge on any atom is -0.284 e. The summed E-state index contributed by atoms with van der Waals surface area (Å²) < 4.78 is 3.72. The summed E-state index contributed by atoms with van der Waals surface area (Å²) in [5.74, 6) is 0.412. The molecular weight excluding hydrogens is 312 g/mol. The Morgan fingerprint density at radius 1 is 1.00 bits per heavy atom. The van der Waals surface area contributed by atoms with E-state index in [0.717, 1.165) is 23.7 Å². The van der Waals surface area contributed by atoms with E-state index in [1.807, 2.05) is 54.3 Å². The number of hydrogen-bond acceptors (Lipinski definition) is 2. The van der Waals surface area contributed by atoms with Crippen molar-refractivity contribution in [2.24, 2.45) is 13.0 Å². The quantitative estimate of drug-likeness (QED) is 0.540. The summed E-state index contributed by atoms with van der Waals surface area (Å²) in [7, 11) is 1.84. The number of carbonyl (C=O) groups is 2. The van der Waals surface area contributed by atoms with Crippen LogP contribution in [0.3, 0.4) is 0 Å². The van der Waals surface area contributed by atoms with Crippen molar-refractivity contribution < 1.29 is 14.2 Å². The molecule has 0 fully saturated rings. The van der Waals surface area contributed by atoms with Crippen molar-refractivity contribution in [2.45, 2.75) is 26.8 Å². The summed E-state index contributed by atoms with van der Waals surface area (Å²) in [4.78, 5) is 26.3. The summed E-state index contributed by atoms with van der Waals surface area (Å²) >= 11 is 0. The minimum atomic E-state index is -0.0684. The lowest BCUT2D eigenvalue weighted by molar-refractivity contribution is -0.672. The molecule has 1 heterocycles. The Kier molecular flexibility index (Phi) is 3.57. The summed E-state index contributed by atoms with van der Waals surface area (Å²) in [6.45, 7) is 5.05. The molecule has 0 bridgehead atoms. The topological polar surface area (TPSA) is 43.0 Å². The third-order valence-electron chi connectivity index (χ3n) is 4.93. The fraction of sp³-hybridized carbons (Fsp3) is 0.286. The number of carbonyl (C=O) groups excluding carboxylic acids is 2. The van der Waals surface area contributed by atoms with Crippen LogP contribution in [0.5, 0.6) is 0 Å². The molecule has 0 atom stereocenters. The zero-order chi connectivity index (χ0) is 17.7. The number of hydrogen-bond donors (Lipinski definition) is 0. The van der Waals surface area contributed by atoms with Gasteiger partial charge in [0, 0.05) is 11.1 Å².